The number of halogens is 1. The van der Waals surface area contributed by atoms with E-state index in [2.05, 4.69) is 56.1 Å². The molecule has 1 fully saturated rings. The summed E-state index contributed by atoms with van der Waals surface area (Å²) in [6.07, 6.45) is 3.42. The van der Waals surface area contributed by atoms with E-state index in [9.17, 15) is 4.39 Å². The van der Waals surface area contributed by atoms with E-state index in [1.807, 2.05) is 30.3 Å². The fraction of sp³-hybridized carbons (Fsp3) is 0.310. The Labute approximate surface area is 202 Å². The number of likely N-dealkylation sites (tertiary alicyclic amines) is 1. The van der Waals surface area contributed by atoms with Crippen molar-refractivity contribution in [1.82, 2.24) is 4.90 Å². The number of amidine groups is 1. The van der Waals surface area contributed by atoms with Crippen molar-refractivity contribution in [3.05, 3.63) is 95.3 Å². The Morgan fingerprint density at radius 3 is 2.09 bits per heavy atom. The Morgan fingerprint density at radius 2 is 1.47 bits per heavy atom. The van der Waals surface area contributed by atoms with Crippen molar-refractivity contribution in [2.45, 2.75) is 59.0 Å². The molecule has 5 heteroatoms. The van der Waals surface area contributed by atoms with Crippen molar-refractivity contribution in [2.24, 2.45) is 9.98 Å². The van der Waals surface area contributed by atoms with E-state index in [-0.39, 0.29) is 5.82 Å². The smallest absolute Gasteiger partial charge is 0.228 e. The summed E-state index contributed by atoms with van der Waals surface area (Å²) >= 11 is 0. The summed E-state index contributed by atoms with van der Waals surface area (Å²) in [5.41, 5.74) is 4.92. The van der Waals surface area contributed by atoms with Gasteiger partial charge in [0.05, 0.1) is 5.69 Å². The number of nitrogens with one attached hydrogen (secondary N) is 1. The van der Waals surface area contributed by atoms with Crippen molar-refractivity contribution in [1.29, 1.82) is 0 Å². The number of guanidine groups is 1. The molecule has 3 aromatic carbocycles. The van der Waals surface area contributed by atoms with Crippen LogP contribution < -0.4 is 5.32 Å². The van der Waals surface area contributed by atoms with E-state index in [4.69, 9.17) is 9.98 Å². The molecule has 3 aromatic rings. The summed E-state index contributed by atoms with van der Waals surface area (Å²) in [4.78, 5) is 12.6. The SMILES string of the molecule is Cc1cccc(C)c1/C(=N\C(=Nc1ccccc1)N1C(C)CCCC1C)Nc1ccc(F)cc1. The maximum absolute atomic E-state index is 13.6. The van der Waals surface area contributed by atoms with Crippen LogP contribution in [0.1, 0.15) is 49.8 Å². The van der Waals surface area contributed by atoms with Crippen molar-refractivity contribution < 1.29 is 4.39 Å². The highest BCUT2D eigenvalue weighted by atomic mass is 19.1. The number of benzene rings is 3. The van der Waals surface area contributed by atoms with Crippen LogP contribution in [0.3, 0.4) is 0 Å². The molecule has 4 rings (SSSR count). The summed E-state index contributed by atoms with van der Waals surface area (Å²) in [5.74, 6) is 1.14. The molecule has 4 nitrogen and oxygen atoms in total. The first-order valence-electron chi connectivity index (χ1n) is 12.0. The van der Waals surface area contributed by atoms with Crippen LogP contribution >= 0.6 is 0 Å². The Balaban J connectivity index is 1.88. The molecule has 0 bridgehead atoms. The lowest BCUT2D eigenvalue weighted by Crippen LogP contribution is -2.47. The Kier molecular flexibility index (Phi) is 7.41. The summed E-state index contributed by atoms with van der Waals surface area (Å²) in [5, 5.41) is 3.47. The minimum absolute atomic E-state index is 0.265. The number of anilines is 1. The minimum atomic E-state index is -0.265. The second-order valence-electron chi connectivity index (χ2n) is 9.14. The number of aryl methyl sites for hydroxylation is 2. The highest BCUT2D eigenvalue weighted by molar-refractivity contribution is 6.14. The lowest BCUT2D eigenvalue weighted by molar-refractivity contribution is 0.189. The molecule has 34 heavy (non-hydrogen) atoms. The van der Waals surface area contributed by atoms with Gasteiger partial charge in [0.1, 0.15) is 11.7 Å². The maximum atomic E-state index is 13.6. The highest BCUT2D eigenvalue weighted by Crippen LogP contribution is 2.26. The van der Waals surface area contributed by atoms with Crippen molar-refractivity contribution >= 4 is 23.2 Å². The summed E-state index contributed by atoms with van der Waals surface area (Å²) in [7, 11) is 0. The van der Waals surface area contributed by atoms with Crippen molar-refractivity contribution in [3.8, 4) is 0 Å². The molecule has 176 valence electrons. The normalized spacial score (nSPS) is 19.3. The van der Waals surface area contributed by atoms with Gasteiger partial charge in [0.15, 0.2) is 0 Å². The number of piperidine rings is 1. The molecule has 1 aliphatic heterocycles. The van der Waals surface area contributed by atoms with Crippen LogP contribution in [0.15, 0.2) is 82.8 Å². The standard InChI is InChI=1S/C29H33FN4/c1-20-10-8-11-21(2)27(20)28(31-26-18-16-24(30)17-19-26)33-29(32-25-14-6-5-7-15-25)34-22(3)12-9-13-23(34)4/h5-8,10-11,14-19,22-23H,9,12-13H2,1-4H3,(H,31,32,33). The zero-order valence-corrected chi connectivity index (χ0v) is 20.4. The molecule has 0 aromatic heterocycles. The van der Waals surface area contributed by atoms with Gasteiger partial charge in [-0.1, -0.05) is 36.4 Å². The molecule has 0 amide bonds. The molecular weight excluding hydrogens is 423 g/mol. The van der Waals surface area contributed by atoms with Gasteiger partial charge in [0, 0.05) is 23.3 Å². The third-order valence-electron chi connectivity index (χ3n) is 6.45. The van der Waals surface area contributed by atoms with Gasteiger partial charge in [-0.2, -0.15) is 4.99 Å². The van der Waals surface area contributed by atoms with Gasteiger partial charge in [-0.25, -0.2) is 9.38 Å². The third-order valence-corrected chi connectivity index (χ3v) is 6.45. The molecule has 1 aliphatic rings. The second kappa shape index (κ2) is 10.6. The first-order valence-corrected chi connectivity index (χ1v) is 12.0. The molecule has 0 spiro atoms. The van der Waals surface area contributed by atoms with Gasteiger partial charge in [-0.3, -0.25) is 0 Å². The fourth-order valence-corrected chi connectivity index (χ4v) is 4.68. The van der Waals surface area contributed by atoms with Gasteiger partial charge in [0.25, 0.3) is 0 Å². The lowest BCUT2D eigenvalue weighted by atomic mass is 9.98. The molecule has 1 N–H and O–H groups in total. The molecule has 0 saturated carbocycles. The van der Waals surface area contributed by atoms with Crippen LogP contribution in [0.5, 0.6) is 0 Å². The predicted octanol–water partition coefficient (Wildman–Crippen LogP) is 7.25. The molecule has 0 aliphatic carbocycles. The van der Waals surface area contributed by atoms with Crippen LogP contribution in [0, 0.1) is 19.7 Å². The van der Waals surface area contributed by atoms with Gasteiger partial charge in [0.2, 0.25) is 5.96 Å². The molecule has 2 unspecified atom stereocenters. The third kappa shape index (κ3) is 5.53. The number of hydrogen-bond donors (Lipinski definition) is 1. The summed E-state index contributed by atoms with van der Waals surface area (Å²) in [6, 6.07) is 23.3. The molecule has 1 heterocycles. The summed E-state index contributed by atoms with van der Waals surface area (Å²) < 4.78 is 13.6. The zero-order chi connectivity index (χ0) is 24.1. The van der Waals surface area contributed by atoms with E-state index in [0.29, 0.717) is 23.9 Å². The van der Waals surface area contributed by atoms with Crippen LogP contribution in [0.25, 0.3) is 0 Å². The highest BCUT2D eigenvalue weighted by Gasteiger charge is 2.28. The second-order valence-corrected chi connectivity index (χ2v) is 9.14. The molecule has 2 atom stereocenters. The van der Waals surface area contributed by atoms with Crippen LogP contribution in [-0.4, -0.2) is 28.8 Å². The fourth-order valence-electron chi connectivity index (χ4n) is 4.68. The minimum Gasteiger partial charge on any atom is -0.340 e. The number of rotatable bonds is 3. The number of aliphatic imine (C=N–C) groups is 2. The predicted molar refractivity (Wildman–Crippen MR) is 141 cm³/mol. The first-order chi connectivity index (χ1) is 16.4. The molecular formula is C29H33FN4. The van der Waals surface area contributed by atoms with Crippen LogP contribution in [0.2, 0.25) is 0 Å². The monoisotopic (exact) mass is 456 g/mol. The average Bonchev–Trinajstić information content (AvgIpc) is 2.81. The quantitative estimate of drug-likeness (QED) is 0.333. The largest absolute Gasteiger partial charge is 0.340 e. The number of nitrogens with zero attached hydrogens (tertiary/aromatic N) is 3. The maximum Gasteiger partial charge on any atom is 0.228 e. The van der Waals surface area contributed by atoms with E-state index in [1.54, 1.807) is 12.1 Å². The lowest BCUT2D eigenvalue weighted by Gasteiger charge is -2.40. The first kappa shape index (κ1) is 23.7. The van der Waals surface area contributed by atoms with Crippen LogP contribution in [-0.2, 0) is 0 Å². The zero-order valence-electron chi connectivity index (χ0n) is 20.4. The van der Waals surface area contributed by atoms with E-state index < -0.39 is 0 Å². The summed E-state index contributed by atoms with van der Waals surface area (Å²) in [6.45, 7) is 8.67. The van der Waals surface area contributed by atoms with E-state index in [1.165, 1.54) is 18.6 Å². The number of para-hydroxylation sites is 1. The Hall–Kier alpha value is -3.47. The van der Waals surface area contributed by atoms with Gasteiger partial charge in [-0.15, -0.1) is 0 Å². The molecule has 1 saturated heterocycles. The number of hydrogen-bond acceptors (Lipinski definition) is 1. The Morgan fingerprint density at radius 1 is 0.853 bits per heavy atom. The van der Waals surface area contributed by atoms with E-state index in [0.717, 1.165) is 40.9 Å². The van der Waals surface area contributed by atoms with Gasteiger partial charge >= 0.3 is 0 Å². The van der Waals surface area contributed by atoms with Gasteiger partial charge < -0.3 is 10.2 Å². The molecule has 0 radical (unpaired) electrons. The topological polar surface area (TPSA) is 40.0 Å². The van der Waals surface area contributed by atoms with Crippen molar-refractivity contribution in [3.63, 3.8) is 0 Å². The Bertz CT molecular complexity index is 1140. The van der Waals surface area contributed by atoms with Gasteiger partial charge in [-0.05, 0) is 94.5 Å². The average molecular weight is 457 g/mol. The van der Waals surface area contributed by atoms with E-state index >= 15 is 0 Å². The van der Waals surface area contributed by atoms with Crippen molar-refractivity contribution in [2.75, 3.05) is 5.32 Å². The van der Waals surface area contributed by atoms with Crippen LogP contribution in [0.4, 0.5) is 15.8 Å².